The van der Waals surface area contributed by atoms with Gasteiger partial charge in [-0.2, -0.15) is 0 Å². The Hall–Kier alpha value is -4.88. The van der Waals surface area contributed by atoms with Crippen molar-refractivity contribution in [2.24, 2.45) is 0 Å². The van der Waals surface area contributed by atoms with Gasteiger partial charge in [0, 0.05) is 10.8 Å². The molecule has 8 rings (SSSR count). The molecule has 0 aliphatic rings. The Kier molecular flexibility index (Phi) is 5.15. The van der Waals surface area contributed by atoms with Gasteiger partial charge < -0.3 is 4.42 Å². The van der Waals surface area contributed by atoms with Crippen LogP contribution in [0.2, 0.25) is 0 Å². The summed E-state index contributed by atoms with van der Waals surface area (Å²) in [5.74, 6) is 0. The van der Waals surface area contributed by atoms with Crippen molar-refractivity contribution in [1.29, 1.82) is 0 Å². The highest BCUT2D eigenvalue weighted by molar-refractivity contribution is 6.26. The molecular formula is C40H30O. The van der Waals surface area contributed by atoms with Crippen molar-refractivity contribution in [3.05, 3.63) is 133 Å². The lowest BCUT2D eigenvalue weighted by Gasteiger charge is -2.21. The summed E-state index contributed by atoms with van der Waals surface area (Å²) in [6.07, 6.45) is 0. The number of fused-ring (bicyclic) bond motifs is 6. The third-order valence-corrected chi connectivity index (χ3v) is 8.60. The first kappa shape index (κ1) is 24.0. The van der Waals surface area contributed by atoms with Gasteiger partial charge in [0.15, 0.2) is 0 Å². The van der Waals surface area contributed by atoms with Crippen LogP contribution in [0, 0.1) is 0 Å². The number of furan rings is 1. The lowest BCUT2D eigenvalue weighted by atomic mass is 9.83. The van der Waals surface area contributed by atoms with E-state index in [2.05, 4.69) is 148 Å². The predicted octanol–water partition coefficient (Wildman–Crippen LogP) is 11.7. The molecule has 0 unspecified atom stereocenters. The molecule has 8 aromatic rings. The van der Waals surface area contributed by atoms with Crippen molar-refractivity contribution in [2.75, 3.05) is 0 Å². The van der Waals surface area contributed by atoms with E-state index in [1.807, 2.05) is 0 Å². The normalized spacial score (nSPS) is 12.3. The monoisotopic (exact) mass is 526 g/mol. The van der Waals surface area contributed by atoms with Crippen LogP contribution >= 0.6 is 0 Å². The highest BCUT2D eigenvalue weighted by Gasteiger charge is 2.21. The Morgan fingerprint density at radius 3 is 1.63 bits per heavy atom. The standard InChI is InChI=1S/C40H30O/c1-40(2,3)28-21-19-25(20-22-28)37-29-13-6-8-15-31(29)38(32-16-9-7-14-30(32)37)33-17-10-18-35-39(33)34-23-26-11-4-5-12-27(26)24-36(34)41-35/h4-24H,1-3H3. The first-order valence-electron chi connectivity index (χ1n) is 14.4. The van der Waals surface area contributed by atoms with E-state index >= 15 is 0 Å². The minimum atomic E-state index is 0.115. The maximum atomic E-state index is 6.48. The van der Waals surface area contributed by atoms with Crippen LogP contribution in [0.4, 0.5) is 0 Å². The lowest BCUT2D eigenvalue weighted by Crippen LogP contribution is -2.10. The van der Waals surface area contributed by atoms with Gasteiger partial charge in [0.25, 0.3) is 0 Å². The Morgan fingerprint density at radius 2 is 1.02 bits per heavy atom. The SMILES string of the molecule is CC(C)(C)c1ccc(-c2c3ccccc3c(-c3cccc4oc5cc6ccccc6cc5c34)c3ccccc23)cc1. The molecule has 0 saturated carbocycles. The number of hydrogen-bond acceptors (Lipinski definition) is 1. The third-order valence-electron chi connectivity index (χ3n) is 8.60. The molecule has 1 aromatic heterocycles. The second-order valence-corrected chi connectivity index (χ2v) is 12.1. The number of rotatable bonds is 2. The summed E-state index contributed by atoms with van der Waals surface area (Å²) in [7, 11) is 0. The molecule has 0 fully saturated rings. The topological polar surface area (TPSA) is 13.1 Å². The maximum Gasteiger partial charge on any atom is 0.136 e. The zero-order valence-electron chi connectivity index (χ0n) is 23.5. The van der Waals surface area contributed by atoms with Gasteiger partial charge in [0.1, 0.15) is 11.2 Å². The average Bonchev–Trinajstić information content (AvgIpc) is 3.36. The number of benzene rings is 7. The van der Waals surface area contributed by atoms with Gasteiger partial charge >= 0.3 is 0 Å². The molecule has 7 aromatic carbocycles. The van der Waals surface area contributed by atoms with Gasteiger partial charge in [-0.15, -0.1) is 0 Å². The van der Waals surface area contributed by atoms with E-state index in [0.29, 0.717) is 0 Å². The van der Waals surface area contributed by atoms with Crippen molar-refractivity contribution in [3.8, 4) is 22.3 Å². The first-order valence-corrected chi connectivity index (χ1v) is 14.4. The molecule has 0 aliphatic carbocycles. The Morgan fingerprint density at radius 1 is 0.463 bits per heavy atom. The zero-order valence-corrected chi connectivity index (χ0v) is 23.5. The summed E-state index contributed by atoms with van der Waals surface area (Å²) >= 11 is 0. The van der Waals surface area contributed by atoms with Crippen molar-refractivity contribution in [2.45, 2.75) is 26.2 Å². The van der Waals surface area contributed by atoms with E-state index in [9.17, 15) is 0 Å². The van der Waals surface area contributed by atoms with Crippen molar-refractivity contribution < 1.29 is 4.42 Å². The van der Waals surface area contributed by atoms with Crippen molar-refractivity contribution in [1.82, 2.24) is 0 Å². The van der Waals surface area contributed by atoms with E-state index in [1.54, 1.807) is 0 Å². The summed E-state index contributed by atoms with van der Waals surface area (Å²) in [5.41, 5.74) is 8.30. The van der Waals surface area contributed by atoms with Crippen LogP contribution in [-0.2, 0) is 5.41 Å². The lowest BCUT2D eigenvalue weighted by molar-refractivity contribution is 0.590. The third kappa shape index (κ3) is 3.69. The fourth-order valence-electron chi connectivity index (χ4n) is 6.59. The molecule has 0 atom stereocenters. The fraction of sp³-hybridized carbons (Fsp3) is 0.100. The van der Waals surface area contributed by atoms with Gasteiger partial charge in [-0.3, -0.25) is 0 Å². The van der Waals surface area contributed by atoms with Gasteiger partial charge in [0.2, 0.25) is 0 Å². The quantitative estimate of drug-likeness (QED) is 0.204. The summed E-state index contributed by atoms with van der Waals surface area (Å²) in [6, 6.07) is 46.4. The van der Waals surface area contributed by atoms with Crippen LogP contribution in [0.15, 0.2) is 132 Å². The molecule has 0 N–H and O–H groups in total. The highest BCUT2D eigenvalue weighted by atomic mass is 16.3. The van der Waals surface area contributed by atoms with Gasteiger partial charge in [-0.25, -0.2) is 0 Å². The van der Waals surface area contributed by atoms with Crippen LogP contribution < -0.4 is 0 Å². The largest absolute Gasteiger partial charge is 0.456 e. The summed E-state index contributed by atoms with van der Waals surface area (Å²) in [6.45, 7) is 6.81. The summed E-state index contributed by atoms with van der Waals surface area (Å²) < 4.78 is 6.48. The molecule has 41 heavy (non-hydrogen) atoms. The molecule has 1 heterocycles. The first-order chi connectivity index (χ1) is 20.0. The molecule has 1 heteroatoms. The zero-order chi connectivity index (χ0) is 27.7. The molecule has 0 amide bonds. The van der Waals surface area contributed by atoms with Gasteiger partial charge in [0.05, 0.1) is 0 Å². The minimum absolute atomic E-state index is 0.115. The molecule has 196 valence electrons. The average molecular weight is 527 g/mol. The summed E-state index contributed by atoms with van der Waals surface area (Å²) in [4.78, 5) is 0. The fourth-order valence-corrected chi connectivity index (χ4v) is 6.59. The molecule has 0 bridgehead atoms. The van der Waals surface area contributed by atoms with Gasteiger partial charge in [-0.05, 0) is 83.7 Å². The van der Waals surface area contributed by atoms with Crippen LogP contribution in [0.1, 0.15) is 26.3 Å². The molecule has 0 spiro atoms. The molecular weight excluding hydrogens is 496 g/mol. The van der Waals surface area contributed by atoms with Gasteiger partial charge in [-0.1, -0.05) is 130 Å². The van der Waals surface area contributed by atoms with Crippen LogP contribution in [0.3, 0.4) is 0 Å². The van der Waals surface area contributed by atoms with E-state index < -0.39 is 0 Å². The second-order valence-electron chi connectivity index (χ2n) is 12.1. The van der Waals surface area contributed by atoms with Crippen molar-refractivity contribution in [3.63, 3.8) is 0 Å². The number of hydrogen-bond donors (Lipinski definition) is 0. The Bertz CT molecular complexity index is 2220. The van der Waals surface area contributed by atoms with Crippen LogP contribution in [0.5, 0.6) is 0 Å². The van der Waals surface area contributed by atoms with Crippen molar-refractivity contribution >= 4 is 54.3 Å². The van der Waals surface area contributed by atoms with Crippen LogP contribution in [-0.4, -0.2) is 0 Å². The highest BCUT2D eigenvalue weighted by Crippen LogP contribution is 2.47. The molecule has 0 aliphatic heterocycles. The van der Waals surface area contributed by atoms with E-state index in [1.165, 1.54) is 65.5 Å². The van der Waals surface area contributed by atoms with E-state index in [-0.39, 0.29) is 5.41 Å². The predicted molar refractivity (Wildman–Crippen MR) is 176 cm³/mol. The van der Waals surface area contributed by atoms with E-state index in [0.717, 1.165) is 16.6 Å². The Labute approximate surface area is 239 Å². The maximum absolute atomic E-state index is 6.48. The second kappa shape index (κ2) is 8.81. The molecule has 1 nitrogen and oxygen atoms in total. The molecule has 0 radical (unpaired) electrons. The minimum Gasteiger partial charge on any atom is -0.456 e. The Balaban J connectivity index is 1.49. The van der Waals surface area contributed by atoms with E-state index in [4.69, 9.17) is 4.42 Å². The summed E-state index contributed by atoms with van der Waals surface area (Å²) in [5, 5.41) is 9.78. The van der Waals surface area contributed by atoms with Crippen LogP contribution in [0.25, 0.3) is 76.5 Å². The molecule has 0 saturated heterocycles. The smallest absolute Gasteiger partial charge is 0.136 e.